The molecule has 2 atom stereocenters. The van der Waals surface area contributed by atoms with E-state index in [-0.39, 0.29) is 17.6 Å². The topological polar surface area (TPSA) is 32.3 Å². The number of halogens is 1. The molecular weight excluding hydrogens is 231 g/mol. The van der Waals surface area contributed by atoms with Crippen LogP contribution in [0, 0.1) is 11.7 Å². The monoisotopic (exact) mass is 250 g/mol. The van der Waals surface area contributed by atoms with Crippen molar-refractivity contribution in [3.05, 3.63) is 30.1 Å². The van der Waals surface area contributed by atoms with Gasteiger partial charge in [-0.1, -0.05) is 0 Å². The van der Waals surface area contributed by atoms with Gasteiger partial charge < -0.3 is 10.2 Å². The van der Waals surface area contributed by atoms with Gasteiger partial charge in [0.25, 0.3) is 0 Å². The van der Waals surface area contributed by atoms with Gasteiger partial charge in [-0.05, 0) is 44.0 Å². The zero-order chi connectivity index (χ0) is 13.1. The first kappa shape index (κ1) is 13.0. The number of rotatable bonds is 2. The van der Waals surface area contributed by atoms with Gasteiger partial charge in [0.1, 0.15) is 5.82 Å². The molecule has 1 saturated heterocycles. The molecule has 0 radical (unpaired) electrons. The van der Waals surface area contributed by atoms with E-state index in [2.05, 4.69) is 12.2 Å². The van der Waals surface area contributed by atoms with Gasteiger partial charge in [-0.25, -0.2) is 4.39 Å². The summed E-state index contributed by atoms with van der Waals surface area (Å²) in [5.74, 6) is -0.162. The smallest absolute Gasteiger partial charge is 0.231 e. The minimum atomic E-state index is -0.284. The molecule has 1 aromatic carbocycles. The summed E-state index contributed by atoms with van der Waals surface area (Å²) in [5, 5.41) is 3.32. The van der Waals surface area contributed by atoms with Crippen LogP contribution in [0.1, 0.15) is 19.8 Å². The van der Waals surface area contributed by atoms with Crippen LogP contribution in [-0.2, 0) is 4.79 Å². The van der Waals surface area contributed by atoms with Crippen molar-refractivity contribution in [1.82, 2.24) is 5.32 Å². The average Bonchev–Trinajstić information content (AvgIpc) is 2.39. The maximum Gasteiger partial charge on any atom is 0.231 e. The van der Waals surface area contributed by atoms with Crippen LogP contribution in [0.5, 0.6) is 0 Å². The lowest BCUT2D eigenvalue weighted by Gasteiger charge is -2.30. The van der Waals surface area contributed by atoms with Crippen molar-refractivity contribution >= 4 is 11.6 Å². The van der Waals surface area contributed by atoms with Gasteiger partial charge in [0.05, 0.1) is 5.92 Å². The standard InChI is InChI=1S/C14H19FN2O/c1-10-3-4-11(9-16-10)14(18)17(2)13-7-5-12(15)6-8-13/h5-8,10-11,16H,3-4,9H2,1-2H3. The first-order valence-corrected chi connectivity index (χ1v) is 6.34. The number of amides is 1. The maximum absolute atomic E-state index is 12.8. The number of anilines is 1. The second-order valence-electron chi connectivity index (χ2n) is 4.96. The second-order valence-corrected chi connectivity index (χ2v) is 4.96. The summed E-state index contributed by atoms with van der Waals surface area (Å²) in [6.07, 6.45) is 1.94. The lowest BCUT2D eigenvalue weighted by atomic mass is 9.94. The summed E-state index contributed by atoms with van der Waals surface area (Å²) in [4.78, 5) is 13.9. The van der Waals surface area contributed by atoms with Crippen LogP contribution < -0.4 is 10.2 Å². The van der Waals surface area contributed by atoms with Gasteiger partial charge >= 0.3 is 0 Å². The summed E-state index contributed by atoms with van der Waals surface area (Å²) >= 11 is 0. The third kappa shape index (κ3) is 2.88. The Labute approximate surface area is 107 Å². The van der Waals surface area contributed by atoms with E-state index >= 15 is 0 Å². The normalized spacial score (nSPS) is 23.7. The lowest BCUT2D eigenvalue weighted by Crippen LogP contribution is -2.44. The molecular formula is C14H19FN2O. The van der Waals surface area contributed by atoms with Gasteiger partial charge in [-0.3, -0.25) is 4.79 Å². The van der Waals surface area contributed by atoms with Gasteiger partial charge in [-0.2, -0.15) is 0 Å². The Morgan fingerprint density at radius 3 is 2.56 bits per heavy atom. The van der Waals surface area contributed by atoms with E-state index in [1.807, 2.05) is 0 Å². The Balaban J connectivity index is 2.02. The third-order valence-corrected chi connectivity index (χ3v) is 3.55. The number of piperidine rings is 1. The molecule has 1 N–H and O–H groups in total. The quantitative estimate of drug-likeness (QED) is 0.872. The first-order valence-electron chi connectivity index (χ1n) is 6.34. The van der Waals surface area contributed by atoms with Crippen LogP contribution in [0.3, 0.4) is 0 Å². The summed E-state index contributed by atoms with van der Waals surface area (Å²) in [5.41, 5.74) is 0.736. The van der Waals surface area contributed by atoms with E-state index in [1.54, 1.807) is 24.1 Å². The Kier molecular flexibility index (Phi) is 3.97. The van der Waals surface area contributed by atoms with Gasteiger partial charge in [0.2, 0.25) is 5.91 Å². The number of carbonyl (C=O) groups excluding carboxylic acids is 1. The number of hydrogen-bond donors (Lipinski definition) is 1. The summed E-state index contributed by atoms with van der Waals surface area (Å²) in [6, 6.07) is 6.50. The molecule has 2 rings (SSSR count). The minimum Gasteiger partial charge on any atom is -0.315 e. The lowest BCUT2D eigenvalue weighted by molar-refractivity contribution is -0.122. The van der Waals surface area contributed by atoms with Crippen molar-refractivity contribution in [2.45, 2.75) is 25.8 Å². The predicted molar refractivity (Wildman–Crippen MR) is 70.0 cm³/mol. The molecule has 0 aliphatic carbocycles. The SMILES string of the molecule is CC1CCC(C(=O)N(C)c2ccc(F)cc2)CN1. The van der Waals surface area contributed by atoms with Crippen LogP contribution in [-0.4, -0.2) is 25.5 Å². The Hall–Kier alpha value is -1.42. The summed E-state index contributed by atoms with van der Waals surface area (Å²) in [7, 11) is 1.74. The third-order valence-electron chi connectivity index (χ3n) is 3.55. The van der Waals surface area contributed by atoms with Crippen LogP contribution in [0.25, 0.3) is 0 Å². The molecule has 0 bridgehead atoms. The molecule has 1 aliphatic heterocycles. The van der Waals surface area contributed by atoms with Gasteiger partial charge in [-0.15, -0.1) is 0 Å². The Bertz CT molecular complexity index is 410. The highest BCUT2D eigenvalue weighted by atomic mass is 19.1. The van der Waals surface area contributed by atoms with Gasteiger partial charge in [0, 0.05) is 25.3 Å². The highest BCUT2D eigenvalue weighted by Gasteiger charge is 2.26. The minimum absolute atomic E-state index is 0.0243. The highest BCUT2D eigenvalue weighted by Crippen LogP contribution is 2.20. The number of nitrogens with zero attached hydrogens (tertiary/aromatic N) is 1. The molecule has 0 saturated carbocycles. The van der Waals surface area contributed by atoms with Crippen LogP contribution in [0.15, 0.2) is 24.3 Å². The Morgan fingerprint density at radius 1 is 1.33 bits per heavy atom. The largest absolute Gasteiger partial charge is 0.315 e. The van der Waals surface area contributed by atoms with Crippen LogP contribution in [0.2, 0.25) is 0 Å². The highest BCUT2D eigenvalue weighted by molar-refractivity contribution is 5.94. The van der Waals surface area contributed by atoms with E-state index in [4.69, 9.17) is 0 Å². The van der Waals surface area contributed by atoms with E-state index in [0.717, 1.165) is 25.1 Å². The zero-order valence-corrected chi connectivity index (χ0v) is 10.8. The van der Waals surface area contributed by atoms with E-state index in [0.29, 0.717) is 6.04 Å². The van der Waals surface area contributed by atoms with Crippen LogP contribution >= 0.6 is 0 Å². The number of nitrogens with one attached hydrogen (secondary N) is 1. The number of hydrogen-bond acceptors (Lipinski definition) is 2. The van der Waals surface area contributed by atoms with Crippen LogP contribution in [0.4, 0.5) is 10.1 Å². The maximum atomic E-state index is 12.8. The molecule has 0 spiro atoms. The number of carbonyl (C=O) groups is 1. The molecule has 98 valence electrons. The molecule has 2 unspecified atom stereocenters. The van der Waals surface area contributed by atoms with Crippen molar-refractivity contribution in [1.29, 1.82) is 0 Å². The fourth-order valence-electron chi connectivity index (χ4n) is 2.28. The molecule has 3 nitrogen and oxygen atoms in total. The Morgan fingerprint density at radius 2 is 2.00 bits per heavy atom. The fourth-order valence-corrected chi connectivity index (χ4v) is 2.28. The van der Waals surface area contributed by atoms with E-state index in [9.17, 15) is 9.18 Å². The molecule has 0 aromatic heterocycles. The molecule has 4 heteroatoms. The molecule has 1 aliphatic rings. The molecule has 1 aromatic rings. The van der Waals surface area contributed by atoms with Crippen molar-refractivity contribution in [3.8, 4) is 0 Å². The van der Waals surface area contributed by atoms with E-state index < -0.39 is 0 Å². The van der Waals surface area contributed by atoms with Crippen molar-refractivity contribution < 1.29 is 9.18 Å². The fraction of sp³-hybridized carbons (Fsp3) is 0.500. The average molecular weight is 250 g/mol. The van der Waals surface area contributed by atoms with Crippen molar-refractivity contribution in [2.24, 2.45) is 5.92 Å². The second kappa shape index (κ2) is 5.48. The molecule has 1 amide bonds. The summed E-state index contributed by atoms with van der Waals surface area (Å²) in [6.45, 7) is 2.86. The molecule has 1 fully saturated rings. The van der Waals surface area contributed by atoms with Crippen molar-refractivity contribution in [3.63, 3.8) is 0 Å². The van der Waals surface area contributed by atoms with Gasteiger partial charge in [0.15, 0.2) is 0 Å². The summed E-state index contributed by atoms with van der Waals surface area (Å²) < 4.78 is 12.8. The number of benzene rings is 1. The molecule has 18 heavy (non-hydrogen) atoms. The van der Waals surface area contributed by atoms with E-state index in [1.165, 1.54) is 12.1 Å². The predicted octanol–water partition coefficient (Wildman–Crippen LogP) is 2.18. The zero-order valence-electron chi connectivity index (χ0n) is 10.8. The first-order chi connectivity index (χ1) is 8.58. The van der Waals surface area contributed by atoms with Crippen molar-refractivity contribution in [2.75, 3.05) is 18.5 Å². The molecule has 1 heterocycles.